The zero-order valence-corrected chi connectivity index (χ0v) is 17.9. The van der Waals surface area contributed by atoms with Crippen LogP contribution >= 0.6 is 11.6 Å². The fraction of sp³-hybridized carbons (Fsp3) is 0.125. The molecule has 33 heavy (non-hydrogen) atoms. The van der Waals surface area contributed by atoms with E-state index in [1.54, 1.807) is 24.3 Å². The van der Waals surface area contributed by atoms with E-state index >= 15 is 0 Å². The molecule has 1 atom stereocenters. The van der Waals surface area contributed by atoms with Crippen LogP contribution in [-0.4, -0.2) is 28.8 Å². The van der Waals surface area contributed by atoms with Gasteiger partial charge in [-0.25, -0.2) is 18.5 Å². The van der Waals surface area contributed by atoms with E-state index in [1.807, 2.05) is 0 Å². The second-order valence-electron chi connectivity index (χ2n) is 7.46. The number of rotatable bonds is 5. The van der Waals surface area contributed by atoms with Gasteiger partial charge in [-0.3, -0.25) is 9.59 Å². The number of carbonyl (C=O) groups is 3. The van der Waals surface area contributed by atoms with Crippen molar-refractivity contribution in [3.63, 3.8) is 0 Å². The van der Waals surface area contributed by atoms with Crippen LogP contribution in [0.2, 0.25) is 5.02 Å². The molecule has 1 saturated heterocycles. The fourth-order valence-electron chi connectivity index (χ4n) is 3.56. The third kappa shape index (κ3) is 5.01. The molecule has 0 spiro atoms. The molecule has 4 rings (SSSR count). The molecule has 0 radical (unpaired) electrons. The van der Waals surface area contributed by atoms with E-state index in [9.17, 15) is 23.2 Å². The quantitative estimate of drug-likeness (QED) is 0.535. The summed E-state index contributed by atoms with van der Waals surface area (Å²) in [6.45, 7) is -0.0501. The summed E-state index contributed by atoms with van der Waals surface area (Å²) in [4.78, 5) is 41.3. The van der Waals surface area contributed by atoms with Crippen LogP contribution in [0.5, 0.6) is 0 Å². The van der Waals surface area contributed by atoms with Crippen molar-refractivity contribution < 1.29 is 23.2 Å². The Morgan fingerprint density at radius 3 is 2.12 bits per heavy atom. The van der Waals surface area contributed by atoms with Gasteiger partial charge in [0.2, 0.25) is 5.91 Å². The number of benzene rings is 3. The van der Waals surface area contributed by atoms with E-state index in [-0.39, 0.29) is 13.0 Å². The SMILES string of the molecule is O=C1C[C@@H](N(Cc2ccc(F)cc2)C(=O)Nc2ccc(F)cc2)C(=O)N1c1ccc(Cl)cc1. The average Bonchev–Trinajstić information content (AvgIpc) is 3.09. The van der Waals surface area contributed by atoms with E-state index in [2.05, 4.69) is 5.32 Å². The Labute approximate surface area is 193 Å². The van der Waals surface area contributed by atoms with Gasteiger partial charge in [0.15, 0.2) is 0 Å². The number of halogens is 3. The highest BCUT2D eigenvalue weighted by molar-refractivity contribution is 6.31. The highest BCUT2D eigenvalue weighted by Gasteiger charge is 2.44. The van der Waals surface area contributed by atoms with Crippen molar-refractivity contribution in [2.45, 2.75) is 19.0 Å². The van der Waals surface area contributed by atoms with E-state index in [0.29, 0.717) is 22.0 Å². The minimum absolute atomic E-state index is 0.0501. The van der Waals surface area contributed by atoms with Gasteiger partial charge in [-0.05, 0) is 66.2 Å². The van der Waals surface area contributed by atoms with Crippen LogP contribution in [0.15, 0.2) is 72.8 Å². The first-order valence-corrected chi connectivity index (χ1v) is 10.4. The number of imide groups is 1. The summed E-state index contributed by atoms with van der Waals surface area (Å²) in [6, 6.07) is 15.1. The maximum Gasteiger partial charge on any atom is 0.322 e. The van der Waals surface area contributed by atoms with Crippen LogP contribution in [0, 0.1) is 11.6 Å². The number of hydrogen-bond donors (Lipinski definition) is 1. The van der Waals surface area contributed by atoms with Crippen LogP contribution in [0.4, 0.5) is 25.0 Å². The van der Waals surface area contributed by atoms with Crippen LogP contribution in [0.25, 0.3) is 0 Å². The van der Waals surface area contributed by atoms with E-state index in [0.717, 1.165) is 4.90 Å². The third-order valence-corrected chi connectivity index (χ3v) is 5.46. The first-order chi connectivity index (χ1) is 15.8. The molecule has 3 aromatic carbocycles. The molecule has 0 unspecified atom stereocenters. The largest absolute Gasteiger partial charge is 0.322 e. The monoisotopic (exact) mass is 469 g/mol. The number of nitrogens with zero attached hydrogens (tertiary/aromatic N) is 2. The summed E-state index contributed by atoms with van der Waals surface area (Å²) in [7, 11) is 0. The Balaban J connectivity index is 1.62. The Hall–Kier alpha value is -3.78. The first kappa shape index (κ1) is 22.4. The lowest BCUT2D eigenvalue weighted by Crippen LogP contribution is -2.46. The van der Waals surface area contributed by atoms with Gasteiger partial charge in [-0.15, -0.1) is 0 Å². The molecule has 1 fully saturated rings. The molecule has 0 bridgehead atoms. The maximum absolute atomic E-state index is 13.3. The van der Waals surface area contributed by atoms with Gasteiger partial charge >= 0.3 is 6.03 Å². The van der Waals surface area contributed by atoms with Gasteiger partial charge in [0.05, 0.1) is 12.1 Å². The molecule has 0 saturated carbocycles. The number of hydrogen-bond acceptors (Lipinski definition) is 3. The number of anilines is 2. The summed E-state index contributed by atoms with van der Waals surface area (Å²) in [5, 5.41) is 3.07. The lowest BCUT2D eigenvalue weighted by molar-refractivity contribution is -0.122. The predicted octanol–water partition coefficient (Wildman–Crippen LogP) is 4.98. The molecule has 0 aromatic heterocycles. The predicted molar refractivity (Wildman–Crippen MR) is 120 cm³/mol. The van der Waals surface area contributed by atoms with Crippen molar-refractivity contribution in [1.29, 1.82) is 0 Å². The topological polar surface area (TPSA) is 69.7 Å². The molecule has 0 aliphatic carbocycles. The minimum Gasteiger partial charge on any atom is -0.308 e. The Morgan fingerprint density at radius 2 is 1.52 bits per heavy atom. The smallest absolute Gasteiger partial charge is 0.308 e. The molecular formula is C24H18ClF2N3O3. The number of carbonyl (C=O) groups excluding carboxylic acids is 3. The van der Waals surface area contributed by atoms with Crippen LogP contribution in [0.3, 0.4) is 0 Å². The summed E-state index contributed by atoms with van der Waals surface area (Å²) in [6.07, 6.45) is -0.223. The second kappa shape index (κ2) is 9.38. The molecule has 1 heterocycles. The van der Waals surface area contributed by atoms with Crippen molar-refractivity contribution in [2.24, 2.45) is 0 Å². The lowest BCUT2D eigenvalue weighted by atomic mass is 10.1. The van der Waals surface area contributed by atoms with Gasteiger partial charge in [0.25, 0.3) is 5.91 Å². The first-order valence-electron chi connectivity index (χ1n) is 10.0. The van der Waals surface area contributed by atoms with Gasteiger partial charge in [-0.1, -0.05) is 23.7 Å². The fourth-order valence-corrected chi connectivity index (χ4v) is 3.69. The number of nitrogens with one attached hydrogen (secondary N) is 1. The van der Waals surface area contributed by atoms with Gasteiger partial charge in [0, 0.05) is 17.3 Å². The molecule has 6 nitrogen and oxygen atoms in total. The molecule has 4 amide bonds. The summed E-state index contributed by atoms with van der Waals surface area (Å²) < 4.78 is 26.6. The van der Waals surface area contributed by atoms with Gasteiger partial charge in [-0.2, -0.15) is 0 Å². The van der Waals surface area contributed by atoms with E-state index < -0.39 is 35.5 Å². The zero-order valence-electron chi connectivity index (χ0n) is 17.2. The Bertz CT molecular complexity index is 1190. The molecule has 1 aliphatic heterocycles. The Kier molecular flexibility index (Phi) is 6.37. The van der Waals surface area contributed by atoms with Crippen molar-refractivity contribution >= 4 is 40.8 Å². The standard InChI is InChI=1S/C24H18ClF2N3O3/c25-16-3-11-20(12-4-16)30-22(31)13-21(23(30)32)29(14-15-1-5-17(26)6-2-15)24(33)28-19-9-7-18(27)8-10-19/h1-12,21H,13-14H2,(H,28,33)/t21-/m1/s1. The van der Waals surface area contributed by atoms with Crippen molar-refractivity contribution in [2.75, 3.05) is 10.2 Å². The zero-order chi connectivity index (χ0) is 23.5. The third-order valence-electron chi connectivity index (χ3n) is 5.21. The van der Waals surface area contributed by atoms with Crippen LogP contribution in [0.1, 0.15) is 12.0 Å². The summed E-state index contributed by atoms with van der Waals surface area (Å²) >= 11 is 5.90. The minimum atomic E-state index is -1.08. The molecule has 9 heteroatoms. The highest BCUT2D eigenvalue weighted by atomic mass is 35.5. The van der Waals surface area contributed by atoms with E-state index in [1.165, 1.54) is 53.4 Å². The van der Waals surface area contributed by atoms with Crippen molar-refractivity contribution in [3.8, 4) is 0 Å². The van der Waals surface area contributed by atoms with Crippen LogP contribution in [-0.2, 0) is 16.1 Å². The average molecular weight is 470 g/mol. The van der Waals surface area contributed by atoms with Crippen molar-refractivity contribution in [1.82, 2.24) is 4.90 Å². The van der Waals surface area contributed by atoms with Crippen molar-refractivity contribution in [3.05, 3.63) is 95.0 Å². The maximum atomic E-state index is 13.3. The molecular weight excluding hydrogens is 452 g/mol. The molecule has 3 aromatic rings. The second-order valence-corrected chi connectivity index (χ2v) is 7.89. The van der Waals surface area contributed by atoms with Gasteiger partial charge < -0.3 is 10.2 Å². The highest BCUT2D eigenvalue weighted by Crippen LogP contribution is 2.28. The molecule has 1 aliphatic rings. The number of urea groups is 1. The van der Waals surface area contributed by atoms with Crippen LogP contribution < -0.4 is 10.2 Å². The van der Waals surface area contributed by atoms with E-state index in [4.69, 9.17) is 11.6 Å². The summed E-state index contributed by atoms with van der Waals surface area (Å²) in [5.74, 6) is -1.95. The van der Waals surface area contributed by atoms with Gasteiger partial charge in [0.1, 0.15) is 17.7 Å². The normalized spacial score (nSPS) is 15.6. The summed E-state index contributed by atoms with van der Waals surface area (Å²) in [5.41, 5.74) is 1.23. The lowest BCUT2D eigenvalue weighted by Gasteiger charge is -2.28. The molecule has 1 N–H and O–H groups in total. The number of amides is 4. The molecule has 168 valence electrons. The Morgan fingerprint density at radius 1 is 0.939 bits per heavy atom.